The molecule has 1 saturated heterocycles. The lowest BCUT2D eigenvalue weighted by molar-refractivity contribution is -0.0605. The Morgan fingerprint density at radius 3 is 3.15 bits per heavy atom. The first kappa shape index (κ1) is 17.0. The molecule has 2 aliphatic rings. The number of hydrogen-bond donors (Lipinski definition) is 0. The molecule has 1 aromatic heterocycles. The number of aromatic nitrogens is 3. The maximum absolute atomic E-state index is 13.1. The van der Waals surface area contributed by atoms with E-state index in [9.17, 15) is 4.79 Å². The van der Waals surface area contributed by atoms with Crippen molar-refractivity contribution in [3.8, 4) is 5.75 Å². The quantitative estimate of drug-likeness (QED) is 0.770. The number of carbonyl (C=O) groups excluding carboxylic acids is 1. The van der Waals surface area contributed by atoms with E-state index in [-0.39, 0.29) is 18.1 Å². The highest BCUT2D eigenvalue weighted by Crippen LogP contribution is 2.31. The van der Waals surface area contributed by atoms with Gasteiger partial charge >= 0.3 is 0 Å². The molecule has 0 bridgehead atoms. The molecule has 0 unspecified atom stereocenters. The van der Waals surface area contributed by atoms with Crippen molar-refractivity contribution in [3.63, 3.8) is 0 Å². The molecule has 4 rings (SSSR count). The van der Waals surface area contributed by atoms with Gasteiger partial charge in [0, 0.05) is 13.1 Å². The van der Waals surface area contributed by atoms with Crippen LogP contribution in [0.2, 0.25) is 0 Å². The molecule has 3 heterocycles. The Morgan fingerprint density at radius 2 is 2.27 bits per heavy atom. The van der Waals surface area contributed by atoms with Crippen molar-refractivity contribution < 1.29 is 14.3 Å². The first-order valence-corrected chi connectivity index (χ1v) is 9.29. The molecule has 0 N–H and O–H groups in total. The standard InChI is InChI=1S/C19H24N4O3/c1-2-3-10-25-17-7-5-4-6-15(17)19(24)22-9-8-18-16(12-22)23-14(13-26-18)11-20-21-23/h4-7,11,16,18H,2-3,8-10,12-13H2,1H3/t16-,18-/m0/s1. The minimum atomic E-state index is 0.00258. The number of benzene rings is 1. The van der Waals surface area contributed by atoms with Gasteiger partial charge in [-0.1, -0.05) is 30.7 Å². The molecule has 2 aliphatic heterocycles. The van der Waals surface area contributed by atoms with E-state index >= 15 is 0 Å². The van der Waals surface area contributed by atoms with E-state index in [0.717, 1.165) is 25.0 Å². The topological polar surface area (TPSA) is 69.5 Å². The van der Waals surface area contributed by atoms with Crippen molar-refractivity contribution in [1.29, 1.82) is 0 Å². The summed E-state index contributed by atoms with van der Waals surface area (Å²) in [5.41, 5.74) is 1.58. The summed E-state index contributed by atoms with van der Waals surface area (Å²) < 4.78 is 13.7. The van der Waals surface area contributed by atoms with Gasteiger partial charge in [0.25, 0.3) is 5.91 Å². The Balaban J connectivity index is 1.51. The van der Waals surface area contributed by atoms with Crippen molar-refractivity contribution in [3.05, 3.63) is 41.7 Å². The third kappa shape index (κ3) is 3.19. The molecule has 1 fully saturated rings. The lowest BCUT2D eigenvalue weighted by Gasteiger charge is -2.41. The van der Waals surface area contributed by atoms with Gasteiger partial charge in [-0.2, -0.15) is 0 Å². The molecule has 0 aliphatic carbocycles. The Hall–Kier alpha value is -2.41. The minimum Gasteiger partial charge on any atom is -0.493 e. The van der Waals surface area contributed by atoms with E-state index in [4.69, 9.17) is 9.47 Å². The van der Waals surface area contributed by atoms with Crippen LogP contribution in [0.4, 0.5) is 0 Å². The van der Waals surface area contributed by atoms with E-state index < -0.39 is 0 Å². The maximum atomic E-state index is 13.1. The third-order valence-corrected chi connectivity index (χ3v) is 5.09. The Morgan fingerprint density at radius 1 is 1.38 bits per heavy atom. The molecule has 138 valence electrons. The van der Waals surface area contributed by atoms with Gasteiger partial charge in [0.05, 0.1) is 42.8 Å². The van der Waals surface area contributed by atoms with Gasteiger partial charge in [0.2, 0.25) is 0 Å². The smallest absolute Gasteiger partial charge is 0.257 e. The van der Waals surface area contributed by atoms with Gasteiger partial charge in [-0.3, -0.25) is 4.79 Å². The second-order valence-corrected chi connectivity index (χ2v) is 6.82. The van der Waals surface area contributed by atoms with Gasteiger partial charge < -0.3 is 14.4 Å². The van der Waals surface area contributed by atoms with E-state index in [1.807, 2.05) is 33.8 Å². The number of para-hydroxylation sites is 1. The monoisotopic (exact) mass is 356 g/mol. The normalized spacial score (nSPS) is 21.8. The fraction of sp³-hybridized carbons (Fsp3) is 0.526. The van der Waals surface area contributed by atoms with Crippen LogP contribution in [-0.2, 0) is 11.3 Å². The zero-order valence-corrected chi connectivity index (χ0v) is 15.0. The molecule has 0 saturated carbocycles. The van der Waals surface area contributed by atoms with Crippen molar-refractivity contribution in [2.75, 3.05) is 19.7 Å². The molecule has 2 atom stereocenters. The second kappa shape index (κ2) is 7.45. The highest BCUT2D eigenvalue weighted by Gasteiger charge is 2.38. The number of amides is 1. The second-order valence-electron chi connectivity index (χ2n) is 6.82. The fourth-order valence-corrected chi connectivity index (χ4v) is 3.63. The number of carbonyl (C=O) groups is 1. The molecule has 7 heteroatoms. The molecule has 2 aromatic rings. The summed E-state index contributed by atoms with van der Waals surface area (Å²) in [7, 11) is 0. The number of nitrogens with zero attached hydrogens (tertiary/aromatic N) is 4. The van der Waals surface area contributed by atoms with E-state index in [1.54, 1.807) is 6.20 Å². The largest absolute Gasteiger partial charge is 0.493 e. The number of rotatable bonds is 5. The Labute approximate surface area is 152 Å². The van der Waals surface area contributed by atoms with Crippen LogP contribution >= 0.6 is 0 Å². The van der Waals surface area contributed by atoms with Crippen molar-refractivity contribution in [2.45, 2.75) is 44.9 Å². The number of ether oxygens (including phenoxy) is 2. The first-order valence-electron chi connectivity index (χ1n) is 9.29. The van der Waals surface area contributed by atoms with E-state index in [0.29, 0.717) is 37.6 Å². The predicted molar refractivity (Wildman–Crippen MR) is 95.0 cm³/mol. The zero-order chi connectivity index (χ0) is 17.9. The van der Waals surface area contributed by atoms with Crippen molar-refractivity contribution in [2.24, 2.45) is 0 Å². The summed E-state index contributed by atoms with van der Waals surface area (Å²) in [6.45, 7) is 4.53. The lowest BCUT2D eigenvalue weighted by atomic mass is 9.99. The number of likely N-dealkylation sites (tertiary alicyclic amines) is 1. The summed E-state index contributed by atoms with van der Waals surface area (Å²) in [6, 6.07) is 7.52. The van der Waals surface area contributed by atoms with Gasteiger partial charge in [-0.15, -0.1) is 5.10 Å². The van der Waals surface area contributed by atoms with Crippen LogP contribution in [0.25, 0.3) is 0 Å². The average Bonchev–Trinajstić information content (AvgIpc) is 3.17. The van der Waals surface area contributed by atoms with Gasteiger partial charge in [-0.25, -0.2) is 4.68 Å². The molecule has 7 nitrogen and oxygen atoms in total. The summed E-state index contributed by atoms with van der Waals surface area (Å²) in [5, 5.41) is 8.19. The summed E-state index contributed by atoms with van der Waals surface area (Å²) in [5.74, 6) is 0.664. The average molecular weight is 356 g/mol. The number of unbranched alkanes of at least 4 members (excludes halogenated alkanes) is 1. The summed E-state index contributed by atoms with van der Waals surface area (Å²) >= 11 is 0. The van der Waals surface area contributed by atoms with Crippen molar-refractivity contribution >= 4 is 5.91 Å². The highest BCUT2D eigenvalue weighted by molar-refractivity contribution is 5.97. The minimum absolute atomic E-state index is 0.00258. The molecule has 1 amide bonds. The maximum Gasteiger partial charge on any atom is 0.257 e. The van der Waals surface area contributed by atoms with Crippen molar-refractivity contribution in [1.82, 2.24) is 19.9 Å². The summed E-state index contributed by atoms with van der Waals surface area (Å²) in [4.78, 5) is 15.0. The molecule has 0 radical (unpaired) electrons. The van der Waals surface area contributed by atoms with Crippen LogP contribution in [0.1, 0.15) is 48.3 Å². The van der Waals surface area contributed by atoms with Crippen LogP contribution in [0.5, 0.6) is 5.75 Å². The Bertz CT molecular complexity index is 776. The van der Waals surface area contributed by atoms with Crippen LogP contribution in [0, 0.1) is 0 Å². The number of hydrogen-bond acceptors (Lipinski definition) is 5. The molecular weight excluding hydrogens is 332 g/mol. The zero-order valence-electron chi connectivity index (χ0n) is 15.0. The molecule has 1 aromatic carbocycles. The van der Waals surface area contributed by atoms with Crippen LogP contribution in [-0.4, -0.2) is 51.6 Å². The van der Waals surface area contributed by atoms with Crippen LogP contribution < -0.4 is 4.74 Å². The summed E-state index contributed by atoms with van der Waals surface area (Å²) in [6.07, 6.45) is 4.65. The number of fused-ring (bicyclic) bond motifs is 3. The molecular formula is C19H24N4O3. The highest BCUT2D eigenvalue weighted by atomic mass is 16.5. The fourth-order valence-electron chi connectivity index (χ4n) is 3.63. The Kier molecular flexibility index (Phi) is 4.88. The molecule has 26 heavy (non-hydrogen) atoms. The van der Waals surface area contributed by atoms with E-state index in [2.05, 4.69) is 17.2 Å². The van der Waals surface area contributed by atoms with Gasteiger partial charge in [0.15, 0.2) is 0 Å². The molecule has 0 spiro atoms. The third-order valence-electron chi connectivity index (χ3n) is 5.09. The number of piperidine rings is 1. The lowest BCUT2D eigenvalue weighted by Crippen LogP contribution is -2.50. The predicted octanol–water partition coefficient (Wildman–Crippen LogP) is 2.44. The van der Waals surface area contributed by atoms with Gasteiger partial charge in [0.1, 0.15) is 5.75 Å². The van der Waals surface area contributed by atoms with E-state index in [1.165, 1.54) is 0 Å². The van der Waals surface area contributed by atoms with Gasteiger partial charge in [-0.05, 0) is 25.0 Å². The van der Waals surface area contributed by atoms with Crippen LogP contribution in [0.15, 0.2) is 30.5 Å². The van der Waals surface area contributed by atoms with Crippen LogP contribution in [0.3, 0.4) is 0 Å². The SMILES string of the molecule is CCCCOc1ccccc1C(=O)N1CC[C@@H]2OCc3cnnn3[C@H]2C1. The first-order chi connectivity index (χ1) is 12.8.